The molecule has 0 saturated heterocycles. The fourth-order valence-corrected chi connectivity index (χ4v) is 3.86. The number of anilines is 2. The largest absolute Gasteiger partial charge is 0.360 e. The van der Waals surface area contributed by atoms with Crippen molar-refractivity contribution in [3.8, 4) is 0 Å². The van der Waals surface area contributed by atoms with Crippen molar-refractivity contribution in [1.82, 2.24) is 5.16 Å². The van der Waals surface area contributed by atoms with Crippen molar-refractivity contribution in [2.75, 3.05) is 10.6 Å². The summed E-state index contributed by atoms with van der Waals surface area (Å²) in [5.74, 6) is 0.855. The molecule has 0 radical (unpaired) electrons. The van der Waals surface area contributed by atoms with Gasteiger partial charge in [0.25, 0.3) is 0 Å². The van der Waals surface area contributed by atoms with E-state index >= 15 is 0 Å². The average molecular weight is 424 g/mol. The zero-order chi connectivity index (χ0) is 21.3. The molecule has 0 aliphatic carbocycles. The van der Waals surface area contributed by atoms with E-state index in [0.717, 1.165) is 29.0 Å². The Bertz CT molecular complexity index is 971. The number of carbonyl (C=O) groups is 2. The van der Waals surface area contributed by atoms with E-state index in [0.29, 0.717) is 18.0 Å². The summed E-state index contributed by atoms with van der Waals surface area (Å²) >= 11 is 1.43. The quantitative estimate of drug-likeness (QED) is 0.439. The van der Waals surface area contributed by atoms with Crippen LogP contribution in [-0.2, 0) is 9.59 Å². The van der Waals surface area contributed by atoms with Crippen molar-refractivity contribution in [2.45, 2.75) is 43.3 Å². The standard InChI is InChI=1S/C23H25N3O3S/c1-3-4-10-21(27)24-18-11-13-19(14-12-18)30-22(17-8-6-5-7-9-17)23(28)25-20-15-16(2)29-26-20/h5-9,11-15,22H,3-4,10H2,1-2H3,(H,24,27)(H,25,26,28). The van der Waals surface area contributed by atoms with Crippen molar-refractivity contribution in [1.29, 1.82) is 0 Å². The van der Waals surface area contributed by atoms with Gasteiger partial charge in [-0.2, -0.15) is 0 Å². The van der Waals surface area contributed by atoms with Gasteiger partial charge in [0.1, 0.15) is 11.0 Å². The second kappa shape index (κ2) is 10.6. The third-order valence-electron chi connectivity index (χ3n) is 4.37. The first-order valence-corrected chi connectivity index (χ1v) is 10.8. The molecular weight excluding hydrogens is 398 g/mol. The highest BCUT2D eigenvalue weighted by Crippen LogP contribution is 2.36. The van der Waals surface area contributed by atoms with Crippen LogP contribution in [0.25, 0.3) is 0 Å². The van der Waals surface area contributed by atoms with Gasteiger partial charge in [-0.3, -0.25) is 9.59 Å². The van der Waals surface area contributed by atoms with Gasteiger partial charge in [-0.15, -0.1) is 11.8 Å². The van der Waals surface area contributed by atoms with Crippen LogP contribution in [0.5, 0.6) is 0 Å². The second-order valence-electron chi connectivity index (χ2n) is 6.90. The molecule has 0 fully saturated rings. The van der Waals surface area contributed by atoms with Gasteiger partial charge in [0.15, 0.2) is 5.82 Å². The second-order valence-corrected chi connectivity index (χ2v) is 8.08. The Morgan fingerprint density at radius 2 is 1.80 bits per heavy atom. The van der Waals surface area contributed by atoms with Crippen LogP contribution in [0, 0.1) is 6.92 Å². The van der Waals surface area contributed by atoms with Crippen LogP contribution in [0.15, 0.2) is 70.1 Å². The number of rotatable bonds is 9. The molecule has 7 heteroatoms. The number of nitrogens with zero attached hydrogens (tertiary/aromatic N) is 1. The van der Waals surface area contributed by atoms with Crippen LogP contribution in [0.3, 0.4) is 0 Å². The Morgan fingerprint density at radius 1 is 1.07 bits per heavy atom. The van der Waals surface area contributed by atoms with E-state index in [2.05, 4.69) is 22.7 Å². The summed E-state index contributed by atoms with van der Waals surface area (Å²) in [7, 11) is 0. The van der Waals surface area contributed by atoms with Gasteiger partial charge < -0.3 is 15.2 Å². The highest BCUT2D eigenvalue weighted by Gasteiger charge is 2.23. The number of aryl methyl sites for hydroxylation is 1. The lowest BCUT2D eigenvalue weighted by atomic mass is 10.1. The monoisotopic (exact) mass is 423 g/mol. The van der Waals surface area contributed by atoms with Gasteiger partial charge in [0, 0.05) is 23.1 Å². The number of aromatic nitrogens is 1. The minimum atomic E-state index is -0.465. The lowest BCUT2D eigenvalue weighted by Gasteiger charge is -2.16. The van der Waals surface area contributed by atoms with Crippen LogP contribution in [0.2, 0.25) is 0 Å². The molecule has 3 rings (SSSR count). The molecule has 1 aromatic heterocycles. The number of nitrogens with one attached hydrogen (secondary N) is 2. The highest BCUT2D eigenvalue weighted by molar-refractivity contribution is 8.00. The van der Waals surface area contributed by atoms with Crippen molar-refractivity contribution >= 4 is 35.1 Å². The molecule has 2 amide bonds. The van der Waals surface area contributed by atoms with Crippen LogP contribution in [-0.4, -0.2) is 17.0 Å². The predicted octanol–water partition coefficient (Wildman–Crippen LogP) is 5.58. The Labute approximate surface area is 180 Å². The number of amides is 2. The first-order chi connectivity index (χ1) is 14.5. The van der Waals surface area contributed by atoms with Crippen molar-refractivity contribution in [2.24, 2.45) is 0 Å². The van der Waals surface area contributed by atoms with Gasteiger partial charge >= 0.3 is 0 Å². The topological polar surface area (TPSA) is 84.2 Å². The summed E-state index contributed by atoms with van der Waals surface area (Å²) in [5.41, 5.74) is 1.64. The zero-order valence-corrected chi connectivity index (χ0v) is 17.9. The lowest BCUT2D eigenvalue weighted by molar-refractivity contribution is -0.116. The number of unbranched alkanes of at least 4 members (excludes halogenated alkanes) is 1. The molecule has 156 valence electrons. The number of benzene rings is 2. The lowest BCUT2D eigenvalue weighted by Crippen LogP contribution is -2.19. The van der Waals surface area contributed by atoms with E-state index < -0.39 is 5.25 Å². The Morgan fingerprint density at radius 3 is 2.43 bits per heavy atom. The molecule has 0 bridgehead atoms. The molecule has 0 saturated carbocycles. The summed E-state index contributed by atoms with van der Waals surface area (Å²) in [6.07, 6.45) is 2.38. The summed E-state index contributed by atoms with van der Waals surface area (Å²) in [6, 6.07) is 18.8. The van der Waals surface area contributed by atoms with E-state index in [4.69, 9.17) is 4.52 Å². The van der Waals surface area contributed by atoms with Gasteiger partial charge in [-0.05, 0) is 43.2 Å². The molecule has 3 aromatic rings. The van der Waals surface area contributed by atoms with Crippen LogP contribution in [0.1, 0.15) is 42.8 Å². The molecule has 6 nitrogen and oxygen atoms in total. The maximum absolute atomic E-state index is 13.0. The molecule has 1 atom stereocenters. The highest BCUT2D eigenvalue weighted by atomic mass is 32.2. The maximum Gasteiger partial charge on any atom is 0.243 e. The molecule has 2 aromatic carbocycles. The van der Waals surface area contributed by atoms with E-state index in [1.54, 1.807) is 13.0 Å². The number of carbonyl (C=O) groups excluding carboxylic acids is 2. The fraction of sp³-hybridized carbons (Fsp3) is 0.261. The predicted molar refractivity (Wildman–Crippen MR) is 120 cm³/mol. The minimum Gasteiger partial charge on any atom is -0.360 e. The van der Waals surface area contributed by atoms with Crippen molar-refractivity contribution in [3.05, 3.63) is 72.0 Å². The minimum absolute atomic E-state index is 0.0155. The molecule has 2 N–H and O–H groups in total. The molecule has 1 unspecified atom stereocenters. The normalized spacial score (nSPS) is 11.7. The Hall–Kier alpha value is -3.06. The molecule has 1 heterocycles. The fourth-order valence-electron chi connectivity index (χ4n) is 2.83. The van der Waals surface area contributed by atoms with Crippen molar-refractivity contribution < 1.29 is 14.1 Å². The summed E-state index contributed by atoms with van der Waals surface area (Å²) < 4.78 is 5.03. The number of thioether (sulfide) groups is 1. The average Bonchev–Trinajstić information content (AvgIpc) is 3.16. The molecular formula is C23H25N3O3S. The first kappa shape index (κ1) is 21.6. The molecule has 0 spiro atoms. The zero-order valence-electron chi connectivity index (χ0n) is 17.1. The molecule has 0 aliphatic heterocycles. The van der Waals surface area contributed by atoms with E-state index in [1.807, 2.05) is 54.6 Å². The van der Waals surface area contributed by atoms with Crippen molar-refractivity contribution in [3.63, 3.8) is 0 Å². The summed E-state index contributed by atoms with van der Waals surface area (Å²) in [6.45, 7) is 3.83. The summed E-state index contributed by atoms with van der Waals surface area (Å²) in [5, 5.41) is 9.10. The van der Waals surface area contributed by atoms with E-state index in [1.165, 1.54) is 11.8 Å². The van der Waals surface area contributed by atoms with E-state index in [9.17, 15) is 9.59 Å². The van der Waals surface area contributed by atoms with Gasteiger partial charge in [-0.25, -0.2) is 0 Å². The van der Waals surface area contributed by atoms with Gasteiger partial charge in [0.05, 0.1) is 0 Å². The van der Waals surface area contributed by atoms with E-state index in [-0.39, 0.29) is 11.8 Å². The third-order valence-corrected chi connectivity index (χ3v) is 5.64. The van der Waals surface area contributed by atoms with Gasteiger partial charge in [-0.1, -0.05) is 48.8 Å². The number of hydrogen-bond donors (Lipinski definition) is 2. The Balaban J connectivity index is 1.71. The first-order valence-electron chi connectivity index (χ1n) is 9.91. The number of hydrogen-bond acceptors (Lipinski definition) is 5. The van der Waals surface area contributed by atoms with Gasteiger partial charge in [0.2, 0.25) is 11.8 Å². The smallest absolute Gasteiger partial charge is 0.243 e. The van der Waals surface area contributed by atoms with Crippen LogP contribution >= 0.6 is 11.8 Å². The molecule has 30 heavy (non-hydrogen) atoms. The summed E-state index contributed by atoms with van der Waals surface area (Å²) in [4.78, 5) is 25.8. The van der Waals surface area contributed by atoms with Crippen LogP contribution < -0.4 is 10.6 Å². The molecule has 0 aliphatic rings. The van der Waals surface area contributed by atoms with Crippen LogP contribution in [0.4, 0.5) is 11.5 Å². The maximum atomic E-state index is 13.0. The SMILES string of the molecule is CCCCC(=O)Nc1ccc(SC(C(=O)Nc2cc(C)on2)c2ccccc2)cc1. The Kier molecular flexibility index (Phi) is 7.68. The third kappa shape index (κ3) is 6.22.